The number of hydrogen-bond acceptors (Lipinski definition) is 0. The molecule has 2 unspecified atom stereocenters. The van der Waals surface area contributed by atoms with Gasteiger partial charge >= 0.3 is 0 Å². The summed E-state index contributed by atoms with van der Waals surface area (Å²) in [5, 5.41) is 0. The van der Waals surface area contributed by atoms with E-state index < -0.39 is 0 Å². The van der Waals surface area contributed by atoms with Gasteiger partial charge in [-0.05, 0) is 64.7 Å². The van der Waals surface area contributed by atoms with E-state index in [0.717, 1.165) is 24.7 Å². The van der Waals surface area contributed by atoms with Crippen LogP contribution in [-0.2, 0) is 0 Å². The zero-order valence-electron chi connectivity index (χ0n) is 18.7. The Bertz CT molecular complexity index is 429. The molecule has 0 fully saturated rings. The van der Waals surface area contributed by atoms with Gasteiger partial charge in [-0.15, -0.1) is 0 Å². The minimum absolute atomic E-state index is 0.825. The Kier molecular flexibility index (Phi) is 13.9. The number of hydrogen-bond donors (Lipinski definition) is 0. The molecule has 0 aliphatic carbocycles. The fourth-order valence-corrected chi connectivity index (χ4v) is 3.52. The summed E-state index contributed by atoms with van der Waals surface area (Å²) >= 11 is 0. The molecule has 0 nitrogen and oxygen atoms in total. The van der Waals surface area contributed by atoms with Crippen LogP contribution in [0.15, 0.2) is 34.4 Å². The molecule has 0 bridgehead atoms. The van der Waals surface area contributed by atoms with Crippen molar-refractivity contribution in [2.24, 2.45) is 11.8 Å². The molecule has 0 saturated heterocycles. The smallest absolute Gasteiger partial charge is 0.0134 e. The Morgan fingerprint density at radius 2 is 1.40 bits per heavy atom. The molecule has 25 heavy (non-hydrogen) atoms. The summed E-state index contributed by atoms with van der Waals surface area (Å²) in [6, 6.07) is 0. The molecule has 0 amide bonds. The van der Waals surface area contributed by atoms with Gasteiger partial charge in [-0.25, -0.2) is 0 Å². The maximum absolute atomic E-state index is 2.54. The van der Waals surface area contributed by atoms with Gasteiger partial charge in [-0.2, -0.15) is 0 Å². The molecule has 0 aromatic carbocycles. The topological polar surface area (TPSA) is 0 Å². The first kappa shape index (κ1) is 24.2. The van der Waals surface area contributed by atoms with Gasteiger partial charge in [-0.1, -0.05) is 94.7 Å². The minimum Gasteiger partial charge on any atom is -0.0818 e. The van der Waals surface area contributed by atoms with Crippen molar-refractivity contribution < 1.29 is 0 Å². The van der Waals surface area contributed by atoms with Crippen LogP contribution in [0.25, 0.3) is 0 Å². The van der Waals surface area contributed by atoms with E-state index in [4.69, 9.17) is 0 Å². The largest absolute Gasteiger partial charge is 0.0818 e. The maximum atomic E-state index is 2.54. The van der Waals surface area contributed by atoms with Crippen LogP contribution in [0.5, 0.6) is 0 Å². The second kappa shape index (κ2) is 14.4. The van der Waals surface area contributed by atoms with E-state index in [9.17, 15) is 0 Å². The highest BCUT2D eigenvalue weighted by atomic mass is 14.1. The van der Waals surface area contributed by atoms with E-state index in [-0.39, 0.29) is 0 Å². The molecule has 0 heteroatoms. The van der Waals surface area contributed by atoms with Crippen molar-refractivity contribution >= 4 is 0 Å². The molecule has 0 N–H and O–H groups in total. The third kappa shape index (κ3) is 12.2. The Morgan fingerprint density at radius 1 is 0.760 bits per heavy atom. The molecule has 0 rings (SSSR count). The van der Waals surface area contributed by atoms with Crippen molar-refractivity contribution in [2.75, 3.05) is 0 Å². The fraction of sp³-hybridized carbons (Fsp3) is 0.760. The molecule has 0 aromatic rings. The fourth-order valence-electron chi connectivity index (χ4n) is 3.52. The molecular formula is C25H46. The summed E-state index contributed by atoms with van der Waals surface area (Å²) in [4.78, 5) is 0. The van der Waals surface area contributed by atoms with Crippen LogP contribution in [0.2, 0.25) is 0 Å². The standard InChI is InChI=1S/C25H46/c1-9-12-21(6)14-15-22(7)19-24(10-2)17-18-25(11-3)23(8)16-13-20(4)5/h13,17,21-22H,9-12,14-16,18-19H2,1-8H3. The number of rotatable bonds is 13. The first-order chi connectivity index (χ1) is 11.8. The molecular weight excluding hydrogens is 300 g/mol. The summed E-state index contributed by atoms with van der Waals surface area (Å²) in [5.74, 6) is 1.72. The Balaban J connectivity index is 4.65. The van der Waals surface area contributed by atoms with Gasteiger partial charge in [-0.3, -0.25) is 0 Å². The van der Waals surface area contributed by atoms with Gasteiger partial charge in [0.15, 0.2) is 0 Å². The highest BCUT2D eigenvalue weighted by Crippen LogP contribution is 2.25. The summed E-state index contributed by atoms with van der Waals surface area (Å²) in [6.07, 6.45) is 16.3. The minimum atomic E-state index is 0.825. The van der Waals surface area contributed by atoms with E-state index in [2.05, 4.69) is 67.5 Å². The van der Waals surface area contributed by atoms with Crippen molar-refractivity contribution in [2.45, 2.75) is 113 Å². The molecule has 2 atom stereocenters. The summed E-state index contributed by atoms with van der Waals surface area (Å²) in [6.45, 7) is 18.5. The zero-order chi connectivity index (χ0) is 19.2. The van der Waals surface area contributed by atoms with Crippen molar-refractivity contribution in [3.8, 4) is 0 Å². The molecule has 0 radical (unpaired) electrons. The van der Waals surface area contributed by atoms with Gasteiger partial charge in [0.25, 0.3) is 0 Å². The van der Waals surface area contributed by atoms with Crippen LogP contribution < -0.4 is 0 Å². The van der Waals surface area contributed by atoms with Crippen LogP contribution >= 0.6 is 0 Å². The molecule has 0 aromatic heterocycles. The van der Waals surface area contributed by atoms with Crippen LogP contribution in [0.1, 0.15) is 113 Å². The average molecular weight is 347 g/mol. The lowest BCUT2D eigenvalue weighted by molar-refractivity contribution is 0.406. The molecule has 0 saturated carbocycles. The summed E-state index contributed by atoms with van der Waals surface area (Å²) < 4.78 is 0. The average Bonchev–Trinajstić information content (AvgIpc) is 2.57. The van der Waals surface area contributed by atoms with Gasteiger partial charge in [0.05, 0.1) is 0 Å². The van der Waals surface area contributed by atoms with Crippen LogP contribution in [-0.4, -0.2) is 0 Å². The Hall–Kier alpha value is -0.780. The van der Waals surface area contributed by atoms with Crippen molar-refractivity contribution in [1.82, 2.24) is 0 Å². The SMILES string of the molecule is CCCC(C)CCC(C)CC(=CCC(CC)=C(C)CC=C(C)C)CC. The zero-order valence-corrected chi connectivity index (χ0v) is 18.7. The van der Waals surface area contributed by atoms with Gasteiger partial charge < -0.3 is 0 Å². The number of allylic oxidation sites excluding steroid dienone is 6. The van der Waals surface area contributed by atoms with E-state index in [1.54, 1.807) is 16.7 Å². The monoisotopic (exact) mass is 346 g/mol. The van der Waals surface area contributed by atoms with Crippen LogP contribution in [0, 0.1) is 11.8 Å². The quantitative estimate of drug-likeness (QED) is 0.292. The lowest BCUT2D eigenvalue weighted by Gasteiger charge is -2.17. The van der Waals surface area contributed by atoms with Gasteiger partial charge in [0.2, 0.25) is 0 Å². The second-order valence-electron chi connectivity index (χ2n) is 8.42. The highest BCUT2D eigenvalue weighted by molar-refractivity contribution is 5.20. The normalized spacial score (nSPS) is 15.6. The van der Waals surface area contributed by atoms with Gasteiger partial charge in [0.1, 0.15) is 0 Å². The second-order valence-corrected chi connectivity index (χ2v) is 8.42. The van der Waals surface area contributed by atoms with Gasteiger partial charge in [0, 0.05) is 0 Å². The van der Waals surface area contributed by atoms with E-state index in [0.29, 0.717) is 0 Å². The van der Waals surface area contributed by atoms with E-state index in [1.165, 1.54) is 50.5 Å². The Morgan fingerprint density at radius 3 is 1.92 bits per heavy atom. The maximum Gasteiger partial charge on any atom is -0.0134 e. The molecule has 0 heterocycles. The summed E-state index contributed by atoms with van der Waals surface area (Å²) in [5.41, 5.74) is 6.28. The lowest BCUT2D eigenvalue weighted by atomic mass is 9.89. The highest BCUT2D eigenvalue weighted by Gasteiger charge is 2.08. The van der Waals surface area contributed by atoms with Crippen molar-refractivity contribution in [3.05, 3.63) is 34.4 Å². The molecule has 0 aliphatic heterocycles. The van der Waals surface area contributed by atoms with Crippen molar-refractivity contribution in [3.63, 3.8) is 0 Å². The van der Waals surface area contributed by atoms with Crippen LogP contribution in [0.4, 0.5) is 0 Å². The molecule has 0 aliphatic rings. The first-order valence-corrected chi connectivity index (χ1v) is 10.8. The first-order valence-electron chi connectivity index (χ1n) is 10.8. The predicted molar refractivity (Wildman–Crippen MR) is 117 cm³/mol. The van der Waals surface area contributed by atoms with Crippen molar-refractivity contribution in [1.29, 1.82) is 0 Å². The summed E-state index contributed by atoms with van der Waals surface area (Å²) in [7, 11) is 0. The van der Waals surface area contributed by atoms with Crippen LogP contribution in [0.3, 0.4) is 0 Å². The molecule has 0 spiro atoms. The van der Waals surface area contributed by atoms with E-state index >= 15 is 0 Å². The Labute approximate surface area is 159 Å². The van der Waals surface area contributed by atoms with E-state index in [1.807, 2.05) is 0 Å². The third-order valence-electron chi connectivity index (χ3n) is 5.48. The molecule has 146 valence electrons. The lowest BCUT2D eigenvalue weighted by Crippen LogP contribution is -2.02. The third-order valence-corrected chi connectivity index (χ3v) is 5.48. The predicted octanol–water partition coefficient (Wildman–Crippen LogP) is 9.04.